The largest absolute Gasteiger partial charge is 0.355 e. The van der Waals surface area contributed by atoms with Crippen LogP contribution in [0.15, 0.2) is 18.2 Å². The molecule has 4 heteroatoms. The van der Waals surface area contributed by atoms with E-state index in [0.717, 1.165) is 6.42 Å². The van der Waals surface area contributed by atoms with Crippen LogP contribution in [0.3, 0.4) is 0 Å². The van der Waals surface area contributed by atoms with E-state index in [2.05, 4.69) is 37.4 Å². The van der Waals surface area contributed by atoms with Crippen LogP contribution in [0.4, 0.5) is 0 Å². The number of hydrogen-bond acceptors (Lipinski definition) is 2. The Kier molecular flexibility index (Phi) is 7.59. The van der Waals surface area contributed by atoms with E-state index in [-0.39, 0.29) is 18.3 Å². The van der Waals surface area contributed by atoms with Crippen LogP contribution in [0.5, 0.6) is 0 Å². The lowest BCUT2D eigenvalue weighted by Gasteiger charge is -2.07. The van der Waals surface area contributed by atoms with E-state index in [1.165, 1.54) is 16.7 Å². The Morgan fingerprint density at radius 1 is 1.35 bits per heavy atom. The molecule has 3 nitrogen and oxygen atoms in total. The molecular formula is C13H21ClN2O. The molecule has 1 rings (SSSR count). The van der Waals surface area contributed by atoms with Gasteiger partial charge >= 0.3 is 0 Å². The van der Waals surface area contributed by atoms with Gasteiger partial charge in [0.25, 0.3) is 0 Å². The van der Waals surface area contributed by atoms with Gasteiger partial charge in [0.05, 0.1) is 0 Å². The normalized spacial score (nSPS) is 9.59. The molecule has 0 spiro atoms. The Balaban J connectivity index is 0.00000256. The van der Waals surface area contributed by atoms with Crippen LogP contribution in [0, 0.1) is 13.8 Å². The van der Waals surface area contributed by atoms with Crippen molar-refractivity contribution in [3.8, 4) is 0 Å². The zero-order valence-electron chi connectivity index (χ0n) is 10.5. The summed E-state index contributed by atoms with van der Waals surface area (Å²) in [5.41, 5.74) is 9.07. The van der Waals surface area contributed by atoms with Crippen molar-refractivity contribution in [1.29, 1.82) is 0 Å². The molecule has 0 aliphatic carbocycles. The Morgan fingerprint density at radius 2 is 2.06 bits per heavy atom. The topological polar surface area (TPSA) is 55.1 Å². The van der Waals surface area contributed by atoms with Gasteiger partial charge in [0.15, 0.2) is 0 Å². The standard InChI is InChI=1S/C13H20N2O.ClH/c1-10-3-4-12(11(2)9-10)5-6-13(16)15-8-7-14;/h3-4,9H,5-8,14H2,1-2H3,(H,15,16);1H. The lowest BCUT2D eigenvalue weighted by molar-refractivity contribution is -0.120. The molecule has 96 valence electrons. The molecule has 0 saturated carbocycles. The number of aryl methyl sites for hydroxylation is 3. The third-order valence-electron chi connectivity index (χ3n) is 2.59. The molecule has 3 N–H and O–H groups in total. The van der Waals surface area contributed by atoms with Crippen molar-refractivity contribution < 1.29 is 4.79 Å². The predicted molar refractivity (Wildman–Crippen MR) is 73.5 cm³/mol. The summed E-state index contributed by atoms with van der Waals surface area (Å²) in [5, 5.41) is 2.77. The second-order valence-electron chi connectivity index (χ2n) is 4.07. The molecule has 0 saturated heterocycles. The smallest absolute Gasteiger partial charge is 0.220 e. The molecule has 1 aromatic rings. The minimum atomic E-state index is 0. The van der Waals surface area contributed by atoms with Gasteiger partial charge in [-0.2, -0.15) is 0 Å². The van der Waals surface area contributed by atoms with Gasteiger partial charge in [-0.1, -0.05) is 23.8 Å². The Morgan fingerprint density at radius 3 is 2.65 bits per heavy atom. The average molecular weight is 257 g/mol. The van der Waals surface area contributed by atoms with Crippen molar-refractivity contribution in [2.75, 3.05) is 13.1 Å². The Hall–Kier alpha value is -1.06. The van der Waals surface area contributed by atoms with Gasteiger partial charge in [-0.15, -0.1) is 12.4 Å². The number of carbonyl (C=O) groups is 1. The van der Waals surface area contributed by atoms with Crippen LogP contribution in [-0.2, 0) is 11.2 Å². The highest BCUT2D eigenvalue weighted by Crippen LogP contribution is 2.12. The molecule has 0 bridgehead atoms. The van der Waals surface area contributed by atoms with Gasteiger partial charge in [0.1, 0.15) is 0 Å². The first-order valence-electron chi connectivity index (χ1n) is 5.66. The summed E-state index contributed by atoms with van der Waals surface area (Å²) in [5.74, 6) is 0.0745. The number of nitrogens with one attached hydrogen (secondary N) is 1. The van der Waals surface area contributed by atoms with Crippen LogP contribution in [-0.4, -0.2) is 19.0 Å². The molecule has 0 aliphatic heterocycles. The van der Waals surface area contributed by atoms with Gasteiger partial charge in [0.2, 0.25) is 5.91 Å². The fourth-order valence-electron chi connectivity index (χ4n) is 1.67. The highest BCUT2D eigenvalue weighted by Gasteiger charge is 2.03. The zero-order chi connectivity index (χ0) is 12.0. The number of benzene rings is 1. The first kappa shape index (κ1) is 15.9. The average Bonchev–Trinajstić information content (AvgIpc) is 2.25. The van der Waals surface area contributed by atoms with E-state index in [1.807, 2.05) is 0 Å². The minimum Gasteiger partial charge on any atom is -0.355 e. The second-order valence-corrected chi connectivity index (χ2v) is 4.07. The molecule has 0 heterocycles. The fraction of sp³-hybridized carbons (Fsp3) is 0.462. The van der Waals surface area contributed by atoms with Crippen LogP contribution in [0.1, 0.15) is 23.1 Å². The fourth-order valence-corrected chi connectivity index (χ4v) is 1.67. The summed E-state index contributed by atoms with van der Waals surface area (Å²) < 4.78 is 0. The second kappa shape index (κ2) is 8.09. The first-order valence-corrected chi connectivity index (χ1v) is 5.66. The maximum atomic E-state index is 11.4. The minimum absolute atomic E-state index is 0. The summed E-state index contributed by atoms with van der Waals surface area (Å²) in [4.78, 5) is 11.4. The quantitative estimate of drug-likeness (QED) is 0.843. The Labute approximate surface area is 109 Å². The first-order chi connectivity index (χ1) is 7.63. The van der Waals surface area contributed by atoms with Crippen LogP contribution in [0.2, 0.25) is 0 Å². The van der Waals surface area contributed by atoms with Crippen molar-refractivity contribution in [3.05, 3.63) is 34.9 Å². The Bertz CT molecular complexity index is 366. The molecule has 0 aromatic heterocycles. The van der Waals surface area contributed by atoms with Crippen LogP contribution in [0.25, 0.3) is 0 Å². The molecular weight excluding hydrogens is 236 g/mol. The van der Waals surface area contributed by atoms with Crippen molar-refractivity contribution in [1.82, 2.24) is 5.32 Å². The van der Waals surface area contributed by atoms with Gasteiger partial charge in [-0.3, -0.25) is 4.79 Å². The molecule has 1 aromatic carbocycles. The number of rotatable bonds is 5. The van der Waals surface area contributed by atoms with E-state index >= 15 is 0 Å². The van der Waals surface area contributed by atoms with Crippen LogP contribution >= 0.6 is 12.4 Å². The van der Waals surface area contributed by atoms with Gasteiger partial charge in [-0.25, -0.2) is 0 Å². The molecule has 0 atom stereocenters. The molecule has 0 fully saturated rings. The monoisotopic (exact) mass is 256 g/mol. The van der Waals surface area contributed by atoms with Crippen LogP contribution < -0.4 is 11.1 Å². The molecule has 0 unspecified atom stereocenters. The molecule has 17 heavy (non-hydrogen) atoms. The van der Waals surface area contributed by atoms with Crippen molar-refractivity contribution in [2.45, 2.75) is 26.7 Å². The third-order valence-corrected chi connectivity index (χ3v) is 2.59. The number of hydrogen-bond donors (Lipinski definition) is 2. The maximum absolute atomic E-state index is 11.4. The molecule has 0 radical (unpaired) electrons. The number of amides is 1. The predicted octanol–water partition coefficient (Wildman–Crippen LogP) is 1.73. The van der Waals surface area contributed by atoms with E-state index < -0.39 is 0 Å². The van der Waals surface area contributed by atoms with Gasteiger partial charge < -0.3 is 11.1 Å². The third kappa shape index (κ3) is 5.71. The van der Waals surface area contributed by atoms with Gasteiger partial charge in [0, 0.05) is 19.5 Å². The van der Waals surface area contributed by atoms with Crippen molar-refractivity contribution in [3.63, 3.8) is 0 Å². The van der Waals surface area contributed by atoms with Crippen molar-refractivity contribution in [2.24, 2.45) is 5.73 Å². The maximum Gasteiger partial charge on any atom is 0.220 e. The number of halogens is 1. The number of carbonyl (C=O) groups excluding carboxylic acids is 1. The van der Waals surface area contributed by atoms with Gasteiger partial charge in [-0.05, 0) is 31.4 Å². The molecule has 0 aliphatic rings. The van der Waals surface area contributed by atoms with Crippen molar-refractivity contribution >= 4 is 18.3 Å². The summed E-state index contributed by atoms with van der Waals surface area (Å²) in [6.45, 7) is 5.21. The number of nitrogens with two attached hydrogens (primary N) is 1. The van der Waals surface area contributed by atoms with E-state index in [9.17, 15) is 4.79 Å². The summed E-state index contributed by atoms with van der Waals surface area (Å²) in [6.07, 6.45) is 1.33. The summed E-state index contributed by atoms with van der Waals surface area (Å²) in [7, 11) is 0. The highest BCUT2D eigenvalue weighted by atomic mass is 35.5. The lowest BCUT2D eigenvalue weighted by Crippen LogP contribution is -2.29. The summed E-state index contributed by atoms with van der Waals surface area (Å²) >= 11 is 0. The zero-order valence-corrected chi connectivity index (χ0v) is 11.3. The van der Waals surface area contributed by atoms with E-state index in [0.29, 0.717) is 19.5 Å². The van der Waals surface area contributed by atoms with E-state index in [4.69, 9.17) is 5.73 Å². The van der Waals surface area contributed by atoms with E-state index in [1.54, 1.807) is 0 Å². The molecule has 1 amide bonds. The lowest BCUT2D eigenvalue weighted by atomic mass is 10.0. The summed E-state index contributed by atoms with van der Waals surface area (Å²) in [6, 6.07) is 6.33. The highest BCUT2D eigenvalue weighted by molar-refractivity contribution is 5.85. The SMILES string of the molecule is Cc1ccc(CCC(=O)NCCN)c(C)c1.Cl.